The van der Waals surface area contributed by atoms with Gasteiger partial charge in [-0.2, -0.15) is 0 Å². The fraction of sp³-hybridized carbons (Fsp3) is 0.458. The van der Waals surface area contributed by atoms with Gasteiger partial charge in [0.25, 0.3) is 5.91 Å². The lowest BCUT2D eigenvalue weighted by Gasteiger charge is -2.38. The average Bonchev–Trinajstić information content (AvgIpc) is 2.80. The quantitative estimate of drug-likeness (QED) is 0.742. The van der Waals surface area contributed by atoms with Crippen LogP contribution in [0.5, 0.6) is 0 Å². The van der Waals surface area contributed by atoms with Gasteiger partial charge in [0.15, 0.2) is 6.10 Å². The molecule has 2 aliphatic heterocycles. The molecule has 2 aromatic rings. The highest BCUT2D eigenvalue weighted by Gasteiger charge is 2.35. The number of halogens is 1. The predicted octanol–water partition coefficient (Wildman–Crippen LogP) is 2.89. The summed E-state index contributed by atoms with van der Waals surface area (Å²) in [6, 6.07) is 15.9. The molecular weight excluding hydrogens is 397 g/mol. The lowest BCUT2D eigenvalue weighted by Crippen LogP contribution is -2.49. The zero-order valence-corrected chi connectivity index (χ0v) is 17.6. The first-order chi connectivity index (χ1) is 15.1. The minimum Gasteiger partial charge on any atom is -0.390 e. The fourth-order valence-corrected chi connectivity index (χ4v) is 4.27. The summed E-state index contributed by atoms with van der Waals surface area (Å²) in [4.78, 5) is 17.3. The molecular formula is C24H30FN3O3. The summed E-state index contributed by atoms with van der Waals surface area (Å²) in [5, 5.41) is 13.1. The number of benzene rings is 2. The van der Waals surface area contributed by atoms with Crippen molar-refractivity contribution in [3.05, 3.63) is 60.4 Å². The number of nitrogens with zero attached hydrogens (tertiary/aromatic N) is 2. The number of para-hydroxylation sites is 1. The van der Waals surface area contributed by atoms with Gasteiger partial charge in [-0.05, 0) is 55.7 Å². The number of aliphatic hydroxyl groups excluding tert-OH is 1. The second-order valence-electron chi connectivity index (χ2n) is 8.27. The SMILES string of the molecule is O=C(Nc1ccccc1)[C@H]1O[C@H](CCN2CCN(c3ccc(F)cc3)CC2)CC[C@@H]1O. The second-order valence-corrected chi connectivity index (χ2v) is 8.27. The molecule has 0 radical (unpaired) electrons. The molecule has 7 heteroatoms. The van der Waals surface area contributed by atoms with Crippen LogP contribution in [-0.4, -0.2) is 66.9 Å². The minimum atomic E-state index is -0.839. The summed E-state index contributed by atoms with van der Waals surface area (Å²) in [6.07, 6.45) is 0.499. The molecule has 0 spiro atoms. The number of piperazine rings is 1. The monoisotopic (exact) mass is 427 g/mol. The van der Waals surface area contributed by atoms with E-state index in [0.29, 0.717) is 12.1 Å². The molecule has 31 heavy (non-hydrogen) atoms. The molecule has 0 bridgehead atoms. The standard InChI is InChI=1S/C24H30FN3O3/c25-18-6-8-20(9-7-18)28-16-14-27(15-17-28)13-12-21-10-11-22(29)23(31-21)24(30)26-19-4-2-1-3-5-19/h1-9,21-23,29H,10-17H2,(H,26,30)/t21-,22-,23-/m0/s1. The summed E-state index contributed by atoms with van der Waals surface area (Å²) in [5.41, 5.74) is 1.75. The number of rotatable bonds is 6. The number of hydrogen-bond donors (Lipinski definition) is 2. The Balaban J connectivity index is 1.22. The van der Waals surface area contributed by atoms with Crippen LogP contribution in [-0.2, 0) is 9.53 Å². The Morgan fingerprint density at radius 1 is 1.03 bits per heavy atom. The normalized spacial score (nSPS) is 24.7. The maximum absolute atomic E-state index is 13.1. The molecule has 166 valence electrons. The zero-order valence-electron chi connectivity index (χ0n) is 17.6. The number of ether oxygens (including phenoxy) is 1. The molecule has 3 atom stereocenters. The van der Waals surface area contributed by atoms with Crippen LogP contribution in [0.1, 0.15) is 19.3 Å². The molecule has 0 aromatic heterocycles. The number of nitrogens with one attached hydrogen (secondary N) is 1. The Labute approximate surface area is 182 Å². The molecule has 2 N–H and O–H groups in total. The van der Waals surface area contributed by atoms with Crippen molar-refractivity contribution < 1.29 is 19.0 Å². The minimum absolute atomic E-state index is 0.0370. The fourth-order valence-electron chi connectivity index (χ4n) is 4.27. The summed E-state index contributed by atoms with van der Waals surface area (Å²) in [6.45, 7) is 4.57. The van der Waals surface area contributed by atoms with E-state index in [1.807, 2.05) is 42.5 Å². The van der Waals surface area contributed by atoms with Crippen LogP contribution in [0.25, 0.3) is 0 Å². The van der Waals surface area contributed by atoms with E-state index in [-0.39, 0.29) is 17.8 Å². The van der Waals surface area contributed by atoms with Gasteiger partial charge >= 0.3 is 0 Å². The van der Waals surface area contributed by atoms with Gasteiger partial charge in [-0.25, -0.2) is 4.39 Å². The molecule has 2 aromatic carbocycles. The number of aliphatic hydroxyl groups is 1. The van der Waals surface area contributed by atoms with Gasteiger partial charge in [0.1, 0.15) is 5.82 Å². The molecule has 1 amide bonds. The highest BCUT2D eigenvalue weighted by Crippen LogP contribution is 2.24. The van der Waals surface area contributed by atoms with Crippen LogP contribution in [0, 0.1) is 5.82 Å². The van der Waals surface area contributed by atoms with E-state index < -0.39 is 12.2 Å². The van der Waals surface area contributed by atoms with E-state index in [1.54, 1.807) is 0 Å². The Morgan fingerprint density at radius 3 is 2.45 bits per heavy atom. The first-order valence-electron chi connectivity index (χ1n) is 11.0. The first-order valence-corrected chi connectivity index (χ1v) is 11.0. The third-order valence-corrected chi connectivity index (χ3v) is 6.10. The Bertz CT molecular complexity index is 841. The molecule has 0 saturated carbocycles. The van der Waals surface area contributed by atoms with Crippen molar-refractivity contribution >= 4 is 17.3 Å². The van der Waals surface area contributed by atoms with Gasteiger partial charge in [0, 0.05) is 44.1 Å². The second kappa shape index (κ2) is 10.2. The highest BCUT2D eigenvalue weighted by molar-refractivity contribution is 5.94. The average molecular weight is 428 g/mol. The van der Waals surface area contributed by atoms with E-state index in [4.69, 9.17) is 4.74 Å². The summed E-state index contributed by atoms with van der Waals surface area (Å²) >= 11 is 0. The first kappa shape index (κ1) is 21.7. The van der Waals surface area contributed by atoms with Crippen LogP contribution in [0.15, 0.2) is 54.6 Å². The van der Waals surface area contributed by atoms with E-state index in [9.17, 15) is 14.3 Å². The molecule has 2 heterocycles. The van der Waals surface area contributed by atoms with Crippen LogP contribution >= 0.6 is 0 Å². The van der Waals surface area contributed by atoms with Crippen molar-refractivity contribution in [2.24, 2.45) is 0 Å². The molecule has 0 aliphatic carbocycles. The van der Waals surface area contributed by atoms with Crippen molar-refractivity contribution in [3.8, 4) is 0 Å². The predicted molar refractivity (Wildman–Crippen MR) is 119 cm³/mol. The van der Waals surface area contributed by atoms with E-state index >= 15 is 0 Å². The molecule has 6 nitrogen and oxygen atoms in total. The third kappa shape index (κ3) is 5.81. The Hall–Kier alpha value is -2.48. The summed E-state index contributed by atoms with van der Waals surface area (Å²) in [5.74, 6) is -0.507. The number of hydrogen-bond acceptors (Lipinski definition) is 5. The smallest absolute Gasteiger partial charge is 0.256 e. The third-order valence-electron chi connectivity index (χ3n) is 6.10. The van der Waals surface area contributed by atoms with Crippen molar-refractivity contribution in [1.82, 2.24) is 4.90 Å². The van der Waals surface area contributed by atoms with Crippen LogP contribution in [0.4, 0.5) is 15.8 Å². The Morgan fingerprint density at radius 2 is 1.74 bits per heavy atom. The number of carbonyl (C=O) groups is 1. The molecule has 2 fully saturated rings. The zero-order chi connectivity index (χ0) is 21.6. The molecule has 2 aliphatic rings. The van der Waals surface area contributed by atoms with Gasteiger partial charge < -0.3 is 20.1 Å². The number of carbonyl (C=O) groups excluding carboxylic acids is 1. The highest BCUT2D eigenvalue weighted by atomic mass is 19.1. The van der Waals surface area contributed by atoms with Crippen LogP contribution < -0.4 is 10.2 Å². The van der Waals surface area contributed by atoms with Crippen molar-refractivity contribution in [3.63, 3.8) is 0 Å². The molecule has 0 unspecified atom stereocenters. The maximum atomic E-state index is 13.1. The largest absolute Gasteiger partial charge is 0.390 e. The van der Waals surface area contributed by atoms with E-state index in [1.165, 1.54) is 12.1 Å². The Kier molecular flexibility index (Phi) is 7.17. The van der Waals surface area contributed by atoms with Crippen molar-refractivity contribution in [2.45, 2.75) is 37.6 Å². The topological polar surface area (TPSA) is 65.0 Å². The van der Waals surface area contributed by atoms with Gasteiger partial charge in [-0.3, -0.25) is 9.69 Å². The van der Waals surface area contributed by atoms with Gasteiger partial charge in [-0.1, -0.05) is 18.2 Å². The van der Waals surface area contributed by atoms with E-state index in [2.05, 4.69) is 15.1 Å². The van der Waals surface area contributed by atoms with Crippen molar-refractivity contribution in [2.75, 3.05) is 42.9 Å². The molecule has 4 rings (SSSR count). The van der Waals surface area contributed by atoms with Gasteiger partial charge in [0.2, 0.25) is 0 Å². The van der Waals surface area contributed by atoms with Gasteiger partial charge in [0.05, 0.1) is 12.2 Å². The van der Waals surface area contributed by atoms with Crippen LogP contribution in [0.2, 0.25) is 0 Å². The summed E-state index contributed by atoms with van der Waals surface area (Å²) < 4.78 is 19.1. The maximum Gasteiger partial charge on any atom is 0.256 e. The van der Waals surface area contributed by atoms with E-state index in [0.717, 1.165) is 51.3 Å². The van der Waals surface area contributed by atoms with Crippen LogP contribution in [0.3, 0.4) is 0 Å². The number of anilines is 2. The van der Waals surface area contributed by atoms with Crippen molar-refractivity contribution in [1.29, 1.82) is 0 Å². The lowest BCUT2D eigenvalue weighted by molar-refractivity contribution is -0.153. The lowest BCUT2D eigenvalue weighted by atomic mass is 9.98. The summed E-state index contributed by atoms with van der Waals surface area (Å²) in [7, 11) is 0. The number of amides is 1. The molecule has 2 saturated heterocycles. The van der Waals surface area contributed by atoms with Gasteiger partial charge in [-0.15, -0.1) is 0 Å².